The summed E-state index contributed by atoms with van der Waals surface area (Å²) in [6.07, 6.45) is 1.71. The van der Waals surface area contributed by atoms with Crippen LogP contribution in [0.1, 0.15) is 19.5 Å². The van der Waals surface area contributed by atoms with E-state index in [2.05, 4.69) is 10.3 Å². The Balaban J connectivity index is 0.000000771. The Morgan fingerprint density at radius 3 is 2.50 bits per heavy atom. The smallest absolute Gasteiger partial charge is 0.279 e. The fourth-order valence-electron chi connectivity index (χ4n) is 1.53. The zero-order chi connectivity index (χ0) is 13.5. The average Bonchev–Trinajstić information content (AvgIpc) is 2.41. The van der Waals surface area contributed by atoms with Gasteiger partial charge in [-0.05, 0) is 31.2 Å². The summed E-state index contributed by atoms with van der Waals surface area (Å²) in [5.74, 6) is 0.641. The van der Waals surface area contributed by atoms with Gasteiger partial charge in [0.15, 0.2) is 0 Å². The predicted octanol–water partition coefficient (Wildman–Crippen LogP) is 2.61. The highest BCUT2D eigenvalue weighted by atomic mass is 16.1. The molecule has 0 radical (unpaired) electrons. The quantitative estimate of drug-likeness (QED) is 0.884. The molecule has 18 heavy (non-hydrogen) atoms. The van der Waals surface area contributed by atoms with Crippen LogP contribution in [0.3, 0.4) is 0 Å². The summed E-state index contributed by atoms with van der Waals surface area (Å²) in [4.78, 5) is 16.3. The number of rotatable bonds is 2. The molecule has 4 nitrogen and oxygen atoms in total. The predicted molar refractivity (Wildman–Crippen MR) is 75.5 cm³/mol. The number of aryl methyl sites for hydroxylation is 1. The molecule has 0 bridgehead atoms. The summed E-state index contributed by atoms with van der Waals surface area (Å²) in [5, 5.41) is 2.86. The SMILES string of the molecule is CC.CNc1cccn(-c2cccc(C)n2)c1=O. The number of hydrogen-bond donors (Lipinski definition) is 1. The van der Waals surface area contributed by atoms with E-state index in [0.29, 0.717) is 11.5 Å². The van der Waals surface area contributed by atoms with Crippen molar-refractivity contribution in [2.24, 2.45) is 0 Å². The number of hydrogen-bond acceptors (Lipinski definition) is 3. The van der Waals surface area contributed by atoms with E-state index in [1.807, 2.05) is 45.0 Å². The van der Waals surface area contributed by atoms with E-state index in [4.69, 9.17) is 0 Å². The highest BCUT2D eigenvalue weighted by molar-refractivity contribution is 5.42. The van der Waals surface area contributed by atoms with Crippen LogP contribution in [0.15, 0.2) is 41.3 Å². The molecule has 0 amide bonds. The number of nitrogens with one attached hydrogen (secondary N) is 1. The van der Waals surface area contributed by atoms with Crippen molar-refractivity contribution in [2.45, 2.75) is 20.8 Å². The molecule has 2 heterocycles. The molecule has 0 saturated carbocycles. The Morgan fingerprint density at radius 1 is 1.17 bits per heavy atom. The maximum absolute atomic E-state index is 12.0. The molecule has 0 saturated heterocycles. The minimum atomic E-state index is -0.0944. The lowest BCUT2D eigenvalue weighted by Gasteiger charge is -2.07. The third-order valence-corrected chi connectivity index (χ3v) is 2.34. The normalized spacial score (nSPS) is 9.33. The van der Waals surface area contributed by atoms with Crippen LogP contribution in [0.5, 0.6) is 0 Å². The van der Waals surface area contributed by atoms with Gasteiger partial charge in [-0.25, -0.2) is 4.98 Å². The van der Waals surface area contributed by atoms with E-state index in [0.717, 1.165) is 5.69 Å². The van der Waals surface area contributed by atoms with Crippen molar-refractivity contribution in [3.05, 3.63) is 52.6 Å². The van der Waals surface area contributed by atoms with Crippen molar-refractivity contribution >= 4 is 5.69 Å². The zero-order valence-electron chi connectivity index (χ0n) is 11.3. The summed E-state index contributed by atoms with van der Waals surface area (Å²) in [7, 11) is 1.73. The van der Waals surface area contributed by atoms with Crippen LogP contribution in [0.4, 0.5) is 5.69 Å². The van der Waals surface area contributed by atoms with Gasteiger partial charge in [0.2, 0.25) is 0 Å². The van der Waals surface area contributed by atoms with Gasteiger partial charge < -0.3 is 5.32 Å². The largest absolute Gasteiger partial charge is 0.384 e. The Kier molecular flexibility index (Phi) is 5.11. The summed E-state index contributed by atoms with van der Waals surface area (Å²) in [6, 6.07) is 9.16. The molecular weight excluding hydrogens is 226 g/mol. The van der Waals surface area contributed by atoms with Crippen molar-refractivity contribution < 1.29 is 0 Å². The summed E-state index contributed by atoms with van der Waals surface area (Å²) in [6.45, 7) is 5.90. The lowest BCUT2D eigenvalue weighted by Crippen LogP contribution is -2.21. The van der Waals surface area contributed by atoms with Crippen LogP contribution in [0, 0.1) is 6.92 Å². The third-order valence-electron chi connectivity index (χ3n) is 2.34. The molecule has 96 valence electrons. The second kappa shape index (κ2) is 6.59. The highest BCUT2D eigenvalue weighted by Gasteiger charge is 2.03. The molecule has 4 heteroatoms. The first-order chi connectivity index (χ1) is 8.72. The second-order valence-corrected chi connectivity index (χ2v) is 3.48. The van der Waals surface area contributed by atoms with Gasteiger partial charge >= 0.3 is 0 Å². The topological polar surface area (TPSA) is 46.9 Å². The van der Waals surface area contributed by atoms with Crippen LogP contribution in [-0.4, -0.2) is 16.6 Å². The van der Waals surface area contributed by atoms with Gasteiger partial charge in [-0.2, -0.15) is 0 Å². The number of anilines is 1. The summed E-state index contributed by atoms with van der Waals surface area (Å²) in [5.41, 5.74) is 1.35. The fourth-order valence-corrected chi connectivity index (χ4v) is 1.53. The standard InChI is InChI=1S/C12H13N3O.C2H6/c1-9-5-3-7-11(14-9)15-8-4-6-10(13-2)12(15)16;1-2/h3-8,13H,1-2H3;1-2H3. The van der Waals surface area contributed by atoms with Crippen LogP contribution >= 0.6 is 0 Å². The molecule has 2 aromatic heterocycles. The maximum atomic E-state index is 12.0. The van der Waals surface area contributed by atoms with Gasteiger partial charge in [0.05, 0.1) is 0 Å². The van der Waals surface area contributed by atoms with Crippen molar-refractivity contribution in [2.75, 3.05) is 12.4 Å². The Bertz CT molecular complexity index is 561. The van der Waals surface area contributed by atoms with Crippen LogP contribution in [-0.2, 0) is 0 Å². The molecule has 0 aromatic carbocycles. The highest BCUT2D eigenvalue weighted by Crippen LogP contribution is 2.05. The Hall–Kier alpha value is -2.10. The molecule has 2 rings (SSSR count). The molecule has 2 aromatic rings. The molecule has 0 aliphatic carbocycles. The van der Waals surface area contributed by atoms with Gasteiger partial charge in [0.25, 0.3) is 5.56 Å². The van der Waals surface area contributed by atoms with Crippen molar-refractivity contribution in [3.8, 4) is 5.82 Å². The maximum Gasteiger partial charge on any atom is 0.279 e. The van der Waals surface area contributed by atoms with E-state index < -0.39 is 0 Å². The van der Waals surface area contributed by atoms with E-state index >= 15 is 0 Å². The molecule has 0 spiro atoms. The van der Waals surface area contributed by atoms with E-state index in [9.17, 15) is 4.79 Å². The van der Waals surface area contributed by atoms with E-state index in [1.165, 1.54) is 4.57 Å². The number of nitrogens with zero attached hydrogens (tertiary/aromatic N) is 2. The first-order valence-corrected chi connectivity index (χ1v) is 6.06. The zero-order valence-corrected chi connectivity index (χ0v) is 11.3. The fraction of sp³-hybridized carbons (Fsp3) is 0.286. The van der Waals surface area contributed by atoms with Crippen molar-refractivity contribution in [1.29, 1.82) is 0 Å². The first kappa shape index (κ1) is 14.0. The third kappa shape index (κ3) is 2.97. The number of pyridine rings is 2. The molecule has 0 fully saturated rings. The second-order valence-electron chi connectivity index (χ2n) is 3.48. The van der Waals surface area contributed by atoms with Crippen molar-refractivity contribution in [1.82, 2.24) is 9.55 Å². The average molecular weight is 245 g/mol. The molecule has 0 aliphatic heterocycles. The van der Waals surface area contributed by atoms with Gasteiger partial charge in [-0.1, -0.05) is 19.9 Å². The van der Waals surface area contributed by atoms with Gasteiger partial charge in [0, 0.05) is 18.9 Å². The minimum absolute atomic E-state index is 0.0944. The van der Waals surface area contributed by atoms with Crippen molar-refractivity contribution in [3.63, 3.8) is 0 Å². The summed E-state index contributed by atoms with van der Waals surface area (Å²) >= 11 is 0. The Labute approximate surface area is 107 Å². The lowest BCUT2D eigenvalue weighted by atomic mass is 10.3. The first-order valence-electron chi connectivity index (χ1n) is 6.06. The monoisotopic (exact) mass is 245 g/mol. The molecular formula is C14H19N3O. The van der Waals surface area contributed by atoms with Crippen LogP contribution in [0.25, 0.3) is 5.82 Å². The van der Waals surface area contributed by atoms with Gasteiger partial charge in [-0.3, -0.25) is 9.36 Å². The van der Waals surface area contributed by atoms with Gasteiger partial charge in [-0.15, -0.1) is 0 Å². The lowest BCUT2D eigenvalue weighted by molar-refractivity contribution is 0.930. The molecule has 1 N–H and O–H groups in total. The number of aromatic nitrogens is 2. The van der Waals surface area contributed by atoms with Gasteiger partial charge in [0.1, 0.15) is 11.5 Å². The minimum Gasteiger partial charge on any atom is -0.384 e. The molecule has 0 unspecified atom stereocenters. The molecule has 0 atom stereocenters. The van der Waals surface area contributed by atoms with Crippen LogP contribution < -0.4 is 10.9 Å². The van der Waals surface area contributed by atoms with Crippen LogP contribution in [0.2, 0.25) is 0 Å². The molecule has 0 aliphatic rings. The van der Waals surface area contributed by atoms with E-state index in [1.54, 1.807) is 19.3 Å². The Morgan fingerprint density at radius 2 is 1.89 bits per heavy atom. The summed E-state index contributed by atoms with van der Waals surface area (Å²) < 4.78 is 1.53. The van der Waals surface area contributed by atoms with E-state index in [-0.39, 0.29) is 5.56 Å².